The molecule has 9 nitrogen and oxygen atoms in total. The Hall–Kier alpha value is -3.50. The van der Waals surface area contributed by atoms with E-state index in [0.29, 0.717) is 35.9 Å². The van der Waals surface area contributed by atoms with E-state index < -0.39 is 14.4 Å². The van der Waals surface area contributed by atoms with Crippen LogP contribution >= 0.6 is 0 Å². The molecule has 2 N–H and O–H groups in total. The summed E-state index contributed by atoms with van der Waals surface area (Å²) >= 11 is 0. The van der Waals surface area contributed by atoms with Gasteiger partial charge in [0.1, 0.15) is 29.6 Å². The van der Waals surface area contributed by atoms with Gasteiger partial charge in [0.25, 0.3) is 0 Å². The molecule has 0 spiro atoms. The predicted octanol–water partition coefficient (Wildman–Crippen LogP) is 3.12. The molecular formula is C25H31N5O4Si. The first kappa shape index (κ1) is 24.6. The zero-order chi connectivity index (χ0) is 25.2. The highest BCUT2D eigenvalue weighted by Gasteiger charge is 2.30. The van der Waals surface area contributed by atoms with Gasteiger partial charge in [0.15, 0.2) is 5.82 Å². The Balaban J connectivity index is 1.82. The van der Waals surface area contributed by atoms with Gasteiger partial charge in [-0.1, -0.05) is 0 Å². The standard InChI is InChI=1S/C25H31N5O4Si/c1-6-26-23(31)14-21-25-29-28-16(2)30(25)22-12-11-19(33-3)13-20(22)24(27-21)17-7-9-18(10-8-17)34-15-35(4,5)32/h7-13,21,32H,6,14-15H2,1-5H3,(H,26,31)/t21-/m0/s1. The van der Waals surface area contributed by atoms with E-state index in [2.05, 4.69) is 15.5 Å². The van der Waals surface area contributed by atoms with Gasteiger partial charge in [-0.25, -0.2) is 0 Å². The number of benzene rings is 2. The fraction of sp³-hybridized carbons (Fsp3) is 0.360. The van der Waals surface area contributed by atoms with E-state index in [0.717, 1.165) is 22.5 Å². The molecule has 0 radical (unpaired) electrons. The smallest absolute Gasteiger partial charge is 0.222 e. The summed E-state index contributed by atoms with van der Waals surface area (Å²) in [6.07, 6.45) is 0.466. The molecule has 0 aliphatic carbocycles. The van der Waals surface area contributed by atoms with Gasteiger partial charge < -0.3 is 19.6 Å². The zero-order valence-electron chi connectivity index (χ0n) is 20.7. The summed E-state index contributed by atoms with van der Waals surface area (Å²) in [6, 6.07) is 12.9. The molecule has 0 fully saturated rings. The maximum absolute atomic E-state index is 12.6. The highest BCUT2D eigenvalue weighted by atomic mass is 28.4. The molecule has 1 aromatic heterocycles. The van der Waals surface area contributed by atoms with Gasteiger partial charge in [-0.05, 0) is 69.4 Å². The highest BCUT2D eigenvalue weighted by Crippen LogP contribution is 2.34. The molecule has 0 unspecified atom stereocenters. The predicted molar refractivity (Wildman–Crippen MR) is 136 cm³/mol. The highest BCUT2D eigenvalue weighted by molar-refractivity contribution is 6.69. The Morgan fingerprint density at radius 1 is 1.14 bits per heavy atom. The number of rotatable bonds is 8. The molecule has 1 amide bonds. The van der Waals surface area contributed by atoms with Gasteiger partial charge in [-0.3, -0.25) is 14.4 Å². The van der Waals surface area contributed by atoms with Crippen LogP contribution in [0.1, 0.15) is 42.2 Å². The Labute approximate surface area is 206 Å². The number of aryl methyl sites for hydroxylation is 1. The summed E-state index contributed by atoms with van der Waals surface area (Å²) in [5.74, 6) is 2.60. The van der Waals surface area contributed by atoms with Crippen LogP contribution in [-0.4, -0.2) is 59.4 Å². The van der Waals surface area contributed by atoms with Crippen molar-refractivity contribution in [2.75, 3.05) is 19.9 Å². The lowest BCUT2D eigenvalue weighted by Gasteiger charge is -2.16. The van der Waals surface area contributed by atoms with Crippen molar-refractivity contribution in [3.05, 3.63) is 65.2 Å². The van der Waals surface area contributed by atoms with Crippen LogP contribution in [0.2, 0.25) is 13.1 Å². The molecule has 2 aromatic carbocycles. The van der Waals surface area contributed by atoms with Crippen molar-refractivity contribution in [3.8, 4) is 17.2 Å². The Morgan fingerprint density at radius 2 is 1.86 bits per heavy atom. The van der Waals surface area contributed by atoms with Gasteiger partial charge in [-0.15, -0.1) is 10.2 Å². The van der Waals surface area contributed by atoms with Crippen molar-refractivity contribution < 1.29 is 19.1 Å². The molecule has 35 heavy (non-hydrogen) atoms. The second kappa shape index (κ2) is 10.0. The first-order valence-corrected chi connectivity index (χ1v) is 14.8. The SMILES string of the molecule is CCNC(=O)C[C@@H]1N=C(c2ccc(OC[Si](C)(C)O)cc2)c2cc(OC)ccc2-n2c(C)nnc21. The van der Waals surface area contributed by atoms with E-state index in [1.54, 1.807) is 7.11 Å². The zero-order valence-corrected chi connectivity index (χ0v) is 21.7. The molecule has 1 aliphatic rings. The normalized spacial score (nSPS) is 14.9. The van der Waals surface area contributed by atoms with Gasteiger partial charge >= 0.3 is 0 Å². The molecule has 0 bridgehead atoms. The molecule has 10 heteroatoms. The van der Waals surface area contributed by atoms with E-state index in [4.69, 9.17) is 14.5 Å². The van der Waals surface area contributed by atoms with E-state index in [-0.39, 0.29) is 12.3 Å². The molecule has 1 aliphatic heterocycles. The molecule has 184 valence electrons. The molecular weight excluding hydrogens is 462 g/mol. The third-order valence-electron chi connectivity index (χ3n) is 5.61. The van der Waals surface area contributed by atoms with Crippen molar-refractivity contribution >= 4 is 19.9 Å². The lowest BCUT2D eigenvalue weighted by Crippen LogP contribution is -2.34. The molecule has 1 atom stereocenters. The summed E-state index contributed by atoms with van der Waals surface area (Å²) < 4.78 is 13.2. The maximum Gasteiger partial charge on any atom is 0.222 e. The van der Waals surface area contributed by atoms with Gasteiger partial charge in [0.05, 0.1) is 24.9 Å². The number of nitrogens with zero attached hydrogens (tertiary/aromatic N) is 4. The molecule has 4 rings (SSSR count). The minimum absolute atomic E-state index is 0.101. The van der Waals surface area contributed by atoms with Crippen LogP contribution in [0.15, 0.2) is 47.5 Å². The number of fused-ring (bicyclic) bond motifs is 3. The molecule has 2 heterocycles. The van der Waals surface area contributed by atoms with Crippen molar-refractivity contribution in [3.63, 3.8) is 0 Å². The quantitative estimate of drug-likeness (QED) is 0.467. The van der Waals surface area contributed by atoms with Crippen molar-refractivity contribution in [1.29, 1.82) is 0 Å². The van der Waals surface area contributed by atoms with Crippen LogP contribution in [0.4, 0.5) is 0 Å². The number of aliphatic imine (C=N–C) groups is 1. The van der Waals surface area contributed by atoms with Crippen molar-refractivity contribution in [1.82, 2.24) is 20.1 Å². The van der Waals surface area contributed by atoms with Gasteiger partial charge in [0, 0.05) is 17.7 Å². The number of carbonyl (C=O) groups is 1. The van der Waals surface area contributed by atoms with E-state index in [9.17, 15) is 9.59 Å². The Morgan fingerprint density at radius 3 is 2.51 bits per heavy atom. The van der Waals surface area contributed by atoms with Crippen molar-refractivity contribution in [2.24, 2.45) is 4.99 Å². The fourth-order valence-corrected chi connectivity index (χ4v) is 4.50. The fourth-order valence-electron chi connectivity index (χ4n) is 3.98. The van der Waals surface area contributed by atoms with E-state index >= 15 is 0 Å². The maximum atomic E-state index is 12.6. The lowest BCUT2D eigenvalue weighted by molar-refractivity contribution is -0.121. The van der Waals surface area contributed by atoms with Gasteiger partial charge in [0.2, 0.25) is 14.2 Å². The van der Waals surface area contributed by atoms with Gasteiger partial charge in [-0.2, -0.15) is 0 Å². The Kier molecular flexibility index (Phi) is 7.04. The number of amides is 1. The van der Waals surface area contributed by atoms with Crippen LogP contribution in [0.5, 0.6) is 11.5 Å². The van der Waals surface area contributed by atoms with E-state index in [1.807, 2.05) is 74.0 Å². The van der Waals surface area contributed by atoms with E-state index in [1.165, 1.54) is 0 Å². The first-order valence-electron chi connectivity index (χ1n) is 11.6. The third kappa shape index (κ3) is 5.44. The minimum atomic E-state index is -2.33. The second-order valence-corrected chi connectivity index (χ2v) is 13.0. The summed E-state index contributed by atoms with van der Waals surface area (Å²) in [6.45, 7) is 7.98. The average molecular weight is 494 g/mol. The number of hydrogen-bond acceptors (Lipinski definition) is 7. The molecule has 0 saturated carbocycles. The summed E-state index contributed by atoms with van der Waals surface area (Å²) in [5, 5.41) is 11.5. The van der Waals surface area contributed by atoms with Crippen LogP contribution in [0, 0.1) is 6.92 Å². The van der Waals surface area contributed by atoms with Crippen LogP contribution in [0.25, 0.3) is 5.69 Å². The van der Waals surface area contributed by atoms with Crippen LogP contribution in [-0.2, 0) is 4.79 Å². The topological polar surface area (TPSA) is 111 Å². The average Bonchev–Trinajstić information content (AvgIpc) is 3.15. The number of hydrogen-bond donors (Lipinski definition) is 2. The third-order valence-corrected chi connectivity index (χ3v) is 6.46. The minimum Gasteiger partial charge on any atom is -0.497 e. The summed E-state index contributed by atoms with van der Waals surface area (Å²) in [7, 11) is -0.704. The van der Waals surface area contributed by atoms with Crippen molar-refractivity contribution in [2.45, 2.75) is 39.4 Å². The largest absolute Gasteiger partial charge is 0.497 e. The summed E-state index contributed by atoms with van der Waals surface area (Å²) in [4.78, 5) is 27.7. The summed E-state index contributed by atoms with van der Waals surface area (Å²) in [5.41, 5.74) is 3.31. The number of aromatic nitrogens is 3. The second-order valence-electron chi connectivity index (χ2n) is 9.10. The lowest BCUT2D eigenvalue weighted by atomic mass is 9.99. The molecule has 0 saturated heterocycles. The number of ether oxygens (including phenoxy) is 2. The first-order chi connectivity index (χ1) is 16.7. The molecule has 3 aromatic rings. The Bertz CT molecular complexity index is 1250. The number of methoxy groups -OCH3 is 1. The number of carbonyl (C=O) groups excluding carboxylic acids is 1. The van der Waals surface area contributed by atoms with Crippen LogP contribution in [0.3, 0.4) is 0 Å². The number of nitrogens with one attached hydrogen (secondary N) is 1. The monoisotopic (exact) mass is 493 g/mol. The van der Waals surface area contributed by atoms with Crippen LogP contribution < -0.4 is 14.8 Å².